The third-order valence-corrected chi connectivity index (χ3v) is 3.43. The minimum atomic E-state index is -0.399. The Bertz CT molecular complexity index is 557. The van der Waals surface area contributed by atoms with Gasteiger partial charge in [0.05, 0.1) is 3.57 Å². The molecule has 94 valence electrons. The third-order valence-electron chi connectivity index (χ3n) is 2.54. The predicted octanol–water partition coefficient (Wildman–Crippen LogP) is 4.24. The van der Waals surface area contributed by atoms with Crippen LogP contribution < -0.4 is 10.5 Å². The van der Waals surface area contributed by atoms with Crippen molar-refractivity contribution in [1.82, 2.24) is 0 Å². The van der Waals surface area contributed by atoms with E-state index in [0.717, 1.165) is 3.57 Å². The van der Waals surface area contributed by atoms with E-state index >= 15 is 0 Å². The SMILES string of the molecule is CC(N)c1cccc(F)c1Oc1ccccc1I. The van der Waals surface area contributed by atoms with Gasteiger partial charge in [-0.05, 0) is 47.7 Å². The second-order valence-corrected chi connectivity index (χ2v) is 5.14. The van der Waals surface area contributed by atoms with Crippen molar-refractivity contribution >= 4 is 22.6 Å². The van der Waals surface area contributed by atoms with Crippen LogP contribution in [0.3, 0.4) is 0 Å². The first-order chi connectivity index (χ1) is 8.59. The smallest absolute Gasteiger partial charge is 0.167 e. The van der Waals surface area contributed by atoms with Crippen molar-refractivity contribution in [2.45, 2.75) is 13.0 Å². The number of hydrogen-bond acceptors (Lipinski definition) is 2. The highest BCUT2D eigenvalue weighted by Crippen LogP contribution is 2.33. The molecule has 1 unspecified atom stereocenters. The van der Waals surface area contributed by atoms with Gasteiger partial charge in [-0.2, -0.15) is 0 Å². The quantitative estimate of drug-likeness (QED) is 0.834. The molecule has 1 atom stereocenters. The molecule has 0 aliphatic carbocycles. The van der Waals surface area contributed by atoms with Crippen LogP contribution in [-0.4, -0.2) is 0 Å². The van der Waals surface area contributed by atoms with Crippen LogP contribution in [0.15, 0.2) is 42.5 Å². The Morgan fingerprint density at radius 3 is 2.56 bits per heavy atom. The van der Waals surface area contributed by atoms with Gasteiger partial charge in [0.15, 0.2) is 11.6 Å². The fraction of sp³-hybridized carbons (Fsp3) is 0.143. The van der Waals surface area contributed by atoms with Crippen molar-refractivity contribution in [3.63, 3.8) is 0 Å². The second-order valence-electron chi connectivity index (χ2n) is 3.98. The van der Waals surface area contributed by atoms with Crippen molar-refractivity contribution < 1.29 is 9.13 Å². The molecule has 2 rings (SSSR count). The molecule has 2 aromatic rings. The van der Waals surface area contributed by atoms with E-state index in [0.29, 0.717) is 11.3 Å². The lowest BCUT2D eigenvalue weighted by Gasteiger charge is -2.15. The summed E-state index contributed by atoms with van der Waals surface area (Å²) in [4.78, 5) is 0. The first-order valence-electron chi connectivity index (χ1n) is 5.56. The highest BCUT2D eigenvalue weighted by Gasteiger charge is 2.14. The molecule has 0 radical (unpaired) electrons. The minimum absolute atomic E-state index is 0.205. The van der Waals surface area contributed by atoms with Gasteiger partial charge < -0.3 is 10.5 Å². The van der Waals surface area contributed by atoms with Gasteiger partial charge in [-0.1, -0.05) is 24.3 Å². The number of rotatable bonds is 3. The third kappa shape index (κ3) is 2.81. The van der Waals surface area contributed by atoms with Crippen LogP contribution in [0.25, 0.3) is 0 Å². The normalized spacial score (nSPS) is 12.2. The summed E-state index contributed by atoms with van der Waals surface area (Å²) < 4.78 is 20.4. The van der Waals surface area contributed by atoms with E-state index in [1.807, 2.05) is 18.2 Å². The summed E-state index contributed by atoms with van der Waals surface area (Å²) in [6, 6.07) is 12.0. The van der Waals surface area contributed by atoms with Gasteiger partial charge in [0.2, 0.25) is 0 Å². The second kappa shape index (κ2) is 5.67. The molecule has 0 bridgehead atoms. The average Bonchev–Trinajstić information content (AvgIpc) is 2.34. The van der Waals surface area contributed by atoms with Gasteiger partial charge in [0.25, 0.3) is 0 Å². The number of halogens is 2. The topological polar surface area (TPSA) is 35.2 Å². The van der Waals surface area contributed by atoms with Gasteiger partial charge in [-0.25, -0.2) is 4.39 Å². The zero-order valence-corrected chi connectivity index (χ0v) is 12.0. The lowest BCUT2D eigenvalue weighted by molar-refractivity contribution is 0.430. The first-order valence-corrected chi connectivity index (χ1v) is 6.64. The maximum Gasteiger partial charge on any atom is 0.167 e. The Kier molecular flexibility index (Phi) is 4.19. The molecular formula is C14H13FINO. The Hall–Kier alpha value is -1.14. The molecule has 2 nitrogen and oxygen atoms in total. The molecule has 18 heavy (non-hydrogen) atoms. The Morgan fingerprint density at radius 1 is 1.17 bits per heavy atom. The van der Waals surface area contributed by atoms with E-state index in [2.05, 4.69) is 22.6 Å². The lowest BCUT2D eigenvalue weighted by Crippen LogP contribution is -2.07. The van der Waals surface area contributed by atoms with Crippen LogP contribution in [0.1, 0.15) is 18.5 Å². The first kappa shape index (κ1) is 13.3. The van der Waals surface area contributed by atoms with E-state index < -0.39 is 5.82 Å². The van der Waals surface area contributed by atoms with Crippen LogP contribution in [0.4, 0.5) is 4.39 Å². The van der Waals surface area contributed by atoms with Crippen LogP contribution >= 0.6 is 22.6 Å². The molecule has 0 saturated heterocycles. The van der Waals surface area contributed by atoms with Gasteiger partial charge in [0, 0.05) is 11.6 Å². The molecule has 0 heterocycles. The summed E-state index contributed by atoms with van der Waals surface area (Å²) in [5, 5.41) is 0. The summed E-state index contributed by atoms with van der Waals surface area (Å²) in [6.07, 6.45) is 0. The maximum absolute atomic E-state index is 13.8. The molecule has 0 saturated carbocycles. The van der Waals surface area contributed by atoms with Gasteiger partial charge >= 0.3 is 0 Å². The molecule has 0 aliphatic heterocycles. The minimum Gasteiger partial charge on any atom is -0.453 e. The van der Waals surface area contributed by atoms with E-state index in [4.69, 9.17) is 10.5 Å². The predicted molar refractivity (Wildman–Crippen MR) is 78.2 cm³/mol. The molecule has 4 heteroatoms. The van der Waals surface area contributed by atoms with Crippen LogP contribution in [-0.2, 0) is 0 Å². The fourth-order valence-corrected chi connectivity index (χ4v) is 2.13. The van der Waals surface area contributed by atoms with Crippen molar-refractivity contribution in [2.75, 3.05) is 0 Å². The lowest BCUT2D eigenvalue weighted by atomic mass is 10.1. The molecule has 0 fully saturated rings. The molecule has 2 aromatic carbocycles. The molecule has 0 aromatic heterocycles. The average molecular weight is 357 g/mol. The molecule has 0 amide bonds. The van der Waals surface area contributed by atoms with Gasteiger partial charge in [-0.15, -0.1) is 0 Å². The van der Waals surface area contributed by atoms with E-state index in [1.165, 1.54) is 6.07 Å². The molecule has 2 N–H and O–H groups in total. The monoisotopic (exact) mass is 357 g/mol. The molecule has 0 spiro atoms. The van der Waals surface area contributed by atoms with Crippen molar-refractivity contribution in [3.05, 3.63) is 57.4 Å². The summed E-state index contributed by atoms with van der Waals surface area (Å²) in [6.45, 7) is 1.80. The van der Waals surface area contributed by atoms with E-state index in [1.54, 1.807) is 25.1 Å². The number of benzene rings is 2. The zero-order valence-electron chi connectivity index (χ0n) is 9.86. The summed E-state index contributed by atoms with van der Waals surface area (Å²) in [5.74, 6) is 0.436. The molecule has 0 aliphatic rings. The Balaban J connectivity index is 2.43. The maximum atomic E-state index is 13.8. The highest BCUT2D eigenvalue weighted by molar-refractivity contribution is 14.1. The largest absolute Gasteiger partial charge is 0.453 e. The highest BCUT2D eigenvalue weighted by atomic mass is 127. The van der Waals surface area contributed by atoms with Crippen molar-refractivity contribution in [1.29, 1.82) is 0 Å². The Labute approximate surface area is 119 Å². The molecular weight excluding hydrogens is 344 g/mol. The summed E-state index contributed by atoms with van der Waals surface area (Å²) >= 11 is 2.15. The van der Waals surface area contributed by atoms with Crippen molar-refractivity contribution in [3.8, 4) is 11.5 Å². The zero-order chi connectivity index (χ0) is 13.1. The van der Waals surface area contributed by atoms with Crippen LogP contribution in [0.2, 0.25) is 0 Å². The van der Waals surface area contributed by atoms with Gasteiger partial charge in [0.1, 0.15) is 5.75 Å². The fourth-order valence-electron chi connectivity index (χ4n) is 1.63. The van der Waals surface area contributed by atoms with Crippen LogP contribution in [0.5, 0.6) is 11.5 Å². The number of ether oxygens (including phenoxy) is 1. The Morgan fingerprint density at radius 2 is 1.89 bits per heavy atom. The standard InChI is InChI=1S/C14H13FINO/c1-9(17)10-5-4-6-11(15)14(10)18-13-8-3-2-7-12(13)16/h2-9H,17H2,1H3. The van der Waals surface area contributed by atoms with E-state index in [-0.39, 0.29) is 11.8 Å². The van der Waals surface area contributed by atoms with Crippen LogP contribution in [0, 0.1) is 9.39 Å². The number of nitrogens with two attached hydrogens (primary N) is 1. The summed E-state index contributed by atoms with van der Waals surface area (Å²) in [7, 11) is 0. The van der Waals surface area contributed by atoms with Gasteiger partial charge in [-0.3, -0.25) is 0 Å². The van der Waals surface area contributed by atoms with E-state index in [9.17, 15) is 4.39 Å². The number of hydrogen-bond donors (Lipinski definition) is 1. The number of para-hydroxylation sites is 2. The summed E-state index contributed by atoms with van der Waals surface area (Å²) in [5.41, 5.74) is 6.49. The van der Waals surface area contributed by atoms with Crippen molar-refractivity contribution in [2.24, 2.45) is 5.73 Å².